The van der Waals surface area contributed by atoms with Gasteiger partial charge in [-0.3, -0.25) is 19.1 Å². The zero-order valence-electron chi connectivity index (χ0n) is 22.1. The summed E-state index contributed by atoms with van der Waals surface area (Å²) in [6.45, 7) is 6.32. The monoisotopic (exact) mass is 515 g/mol. The van der Waals surface area contributed by atoms with Crippen LogP contribution in [-0.4, -0.2) is 44.3 Å². The van der Waals surface area contributed by atoms with Gasteiger partial charge in [0.2, 0.25) is 5.91 Å². The van der Waals surface area contributed by atoms with Gasteiger partial charge in [0.1, 0.15) is 6.04 Å². The molecule has 0 saturated carbocycles. The van der Waals surface area contributed by atoms with Gasteiger partial charge >= 0.3 is 5.97 Å². The van der Waals surface area contributed by atoms with Gasteiger partial charge < -0.3 is 20.3 Å². The Morgan fingerprint density at radius 1 is 1.08 bits per heavy atom. The Morgan fingerprint density at radius 3 is 2.55 bits per heavy atom. The average molecular weight is 516 g/mol. The summed E-state index contributed by atoms with van der Waals surface area (Å²) in [6, 6.07) is 10.8. The van der Waals surface area contributed by atoms with E-state index in [1.165, 1.54) is 0 Å². The Kier molecular flexibility index (Phi) is 7.95. The van der Waals surface area contributed by atoms with Crippen molar-refractivity contribution in [1.29, 1.82) is 0 Å². The Balaban J connectivity index is 1.60. The van der Waals surface area contributed by atoms with Crippen LogP contribution in [0, 0.1) is 13.8 Å². The van der Waals surface area contributed by atoms with E-state index in [-0.39, 0.29) is 18.2 Å². The zero-order chi connectivity index (χ0) is 27.4. The first-order valence-corrected chi connectivity index (χ1v) is 12.6. The number of nitrogens with zero attached hydrogens (tertiary/aromatic N) is 3. The van der Waals surface area contributed by atoms with Crippen LogP contribution in [-0.2, 0) is 22.6 Å². The minimum atomic E-state index is -0.843. The van der Waals surface area contributed by atoms with Crippen molar-refractivity contribution in [3.05, 3.63) is 82.8 Å². The molecular formula is C29H33N5O4. The summed E-state index contributed by atoms with van der Waals surface area (Å²) in [5, 5.41) is 20.1. The molecule has 0 spiro atoms. The van der Waals surface area contributed by atoms with Crippen LogP contribution in [0.1, 0.15) is 58.4 Å². The van der Waals surface area contributed by atoms with E-state index in [0.717, 1.165) is 33.2 Å². The number of aryl methyl sites for hydroxylation is 3. The Bertz CT molecular complexity index is 1500. The van der Waals surface area contributed by atoms with Crippen molar-refractivity contribution < 1.29 is 19.5 Å². The fraction of sp³-hybridized carbons (Fsp3) is 0.310. The van der Waals surface area contributed by atoms with E-state index in [1.807, 2.05) is 72.7 Å². The summed E-state index contributed by atoms with van der Waals surface area (Å²) < 4.78 is 3.75. The van der Waals surface area contributed by atoms with Gasteiger partial charge in [-0.05, 0) is 80.1 Å². The molecule has 0 aliphatic rings. The molecule has 1 unspecified atom stereocenters. The number of benzene rings is 2. The molecule has 4 rings (SSSR count). The Labute approximate surface area is 221 Å². The van der Waals surface area contributed by atoms with E-state index in [4.69, 9.17) is 5.11 Å². The normalized spacial score (nSPS) is 11.9. The largest absolute Gasteiger partial charge is 0.481 e. The van der Waals surface area contributed by atoms with Crippen LogP contribution in [0.15, 0.2) is 55.0 Å². The van der Waals surface area contributed by atoms with Crippen LogP contribution in [0.4, 0.5) is 5.69 Å². The maximum Gasteiger partial charge on any atom is 0.303 e. The average Bonchev–Trinajstić information content (AvgIpc) is 3.45. The van der Waals surface area contributed by atoms with Gasteiger partial charge in [-0.15, -0.1) is 0 Å². The van der Waals surface area contributed by atoms with Crippen molar-refractivity contribution in [2.75, 3.05) is 12.4 Å². The summed E-state index contributed by atoms with van der Waals surface area (Å²) in [7, 11) is 1.60. The lowest BCUT2D eigenvalue weighted by Gasteiger charge is -2.18. The lowest BCUT2D eigenvalue weighted by atomic mass is 10.0. The Hall–Kier alpha value is -4.40. The maximum atomic E-state index is 13.5. The molecule has 1 atom stereocenters. The summed E-state index contributed by atoms with van der Waals surface area (Å²) in [5.74, 6) is -1.20. The smallest absolute Gasteiger partial charge is 0.303 e. The van der Waals surface area contributed by atoms with Crippen molar-refractivity contribution in [2.45, 2.75) is 52.6 Å². The summed E-state index contributed by atoms with van der Waals surface area (Å²) in [6.07, 6.45) is 6.74. The number of nitrogens with one attached hydrogen (secondary N) is 2. The van der Waals surface area contributed by atoms with Crippen LogP contribution in [0.25, 0.3) is 10.9 Å². The van der Waals surface area contributed by atoms with E-state index in [9.17, 15) is 14.4 Å². The van der Waals surface area contributed by atoms with Crippen LogP contribution >= 0.6 is 0 Å². The number of rotatable bonds is 10. The predicted molar refractivity (Wildman–Crippen MR) is 146 cm³/mol. The predicted octanol–water partition coefficient (Wildman–Crippen LogP) is 4.47. The highest BCUT2D eigenvalue weighted by Gasteiger charge is 2.20. The quantitative estimate of drug-likeness (QED) is 0.288. The third-order valence-electron chi connectivity index (χ3n) is 6.69. The molecule has 198 valence electrons. The lowest BCUT2D eigenvalue weighted by molar-refractivity contribution is -0.137. The van der Waals surface area contributed by atoms with Gasteiger partial charge in [-0.25, -0.2) is 0 Å². The second-order valence-corrected chi connectivity index (χ2v) is 9.65. The third-order valence-corrected chi connectivity index (χ3v) is 6.69. The van der Waals surface area contributed by atoms with Crippen molar-refractivity contribution in [3.63, 3.8) is 0 Å². The standard InChI is InChI=1S/C29H33N5O4/c1-18-14-31-33(15-18)17-21-8-9-22(6-5-7-27(35)36)25(12-21)32-28(37)20(3)34-16-19(2)24-13-23(29(38)30-4)10-11-26(24)34/h8-16,20H,5-7,17H2,1-4H3,(H,30,38)(H,32,37)(H,35,36). The van der Waals surface area contributed by atoms with Crippen molar-refractivity contribution >= 4 is 34.4 Å². The van der Waals surface area contributed by atoms with E-state index >= 15 is 0 Å². The first-order valence-electron chi connectivity index (χ1n) is 12.6. The zero-order valence-corrected chi connectivity index (χ0v) is 22.1. The minimum absolute atomic E-state index is 0.0603. The number of aromatic nitrogens is 3. The molecule has 9 heteroatoms. The van der Waals surface area contributed by atoms with Gasteiger partial charge in [0.15, 0.2) is 0 Å². The van der Waals surface area contributed by atoms with Crippen molar-refractivity contribution in [1.82, 2.24) is 19.7 Å². The number of hydrogen-bond donors (Lipinski definition) is 3. The van der Waals surface area contributed by atoms with Crippen LogP contribution in [0.2, 0.25) is 0 Å². The molecule has 0 fully saturated rings. The number of carboxylic acids is 1. The van der Waals surface area contributed by atoms with Crippen molar-refractivity contribution in [3.8, 4) is 0 Å². The van der Waals surface area contributed by atoms with E-state index in [0.29, 0.717) is 30.6 Å². The first-order chi connectivity index (χ1) is 18.2. The number of carbonyl (C=O) groups is 3. The molecule has 2 heterocycles. The molecule has 0 bridgehead atoms. The molecule has 9 nitrogen and oxygen atoms in total. The molecule has 0 aliphatic carbocycles. The van der Waals surface area contributed by atoms with Gasteiger partial charge in [0.25, 0.3) is 5.91 Å². The molecule has 0 saturated heterocycles. The van der Waals surface area contributed by atoms with Crippen LogP contribution in [0.3, 0.4) is 0 Å². The highest BCUT2D eigenvalue weighted by molar-refractivity contribution is 6.00. The molecular weight excluding hydrogens is 482 g/mol. The number of carboxylic acid groups (broad SMARTS) is 1. The Morgan fingerprint density at radius 2 is 1.87 bits per heavy atom. The van der Waals surface area contributed by atoms with Crippen LogP contribution < -0.4 is 10.6 Å². The molecule has 2 amide bonds. The lowest BCUT2D eigenvalue weighted by Crippen LogP contribution is -2.24. The van der Waals surface area contributed by atoms with Gasteiger partial charge in [0.05, 0.1) is 12.7 Å². The number of anilines is 1. The molecule has 4 aromatic rings. The number of hydrogen-bond acceptors (Lipinski definition) is 4. The maximum absolute atomic E-state index is 13.5. The molecule has 2 aromatic heterocycles. The van der Waals surface area contributed by atoms with Gasteiger partial charge in [-0.2, -0.15) is 5.10 Å². The minimum Gasteiger partial charge on any atom is -0.481 e. The van der Waals surface area contributed by atoms with Gasteiger partial charge in [0, 0.05) is 48.0 Å². The highest BCUT2D eigenvalue weighted by atomic mass is 16.4. The first kappa shape index (κ1) is 26.7. The second-order valence-electron chi connectivity index (χ2n) is 9.65. The molecule has 0 radical (unpaired) electrons. The summed E-state index contributed by atoms with van der Waals surface area (Å²) in [5.41, 5.74) is 5.99. The fourth-order valence-electron chi connectivity index (χ4n) is 4.62. The van der Waals surface area contributed by atoms with Gasteiger partial charge in [-0.1, -0.05) is 12.1 Å². The third kappa shape index (κ3) is 5.94. The molecule has 3 N–H and O–H groups in total. The van der Waals surface area contributed by atoms with E-state index in [2.05, 4.69) is 15.7 Å². The number of aliphatic carboxylic acids is 1. The summed E-state index contributed by atoms with van der Waals surface area (Å²) in [4.78, 5) is 36.6. The fourth-order valence-corrected chi connectivity index (χ4v) is 4.62. The topological polar surface area (TPSA) is 118 Å². The van der Waals surface area contributed by atoms with E-state index in [1.54, 1.807) is 19.3 Å². The number of fused-ring (bicyclic) bond motifs is 1. The van der Waals surface area contributed by atoms with Crippen LogP contribution in [0.5, 0.6) is 0 Å². The SMILES string of the molecule is CNC(=O)c1ccc2c(c1)c(C)cn2C(C)C(=O)Nc1cc(Cn2cc(C)cn2)ccc1CCCC(=O)O. The molecule has 38 heavy (non-hydrogen) atoms. The second kappa shape index (κ2) is 11.3. The summed E-state index contributed by atoms with van der Waals surface area (Å²) >= 11 is 0. The number of amides is 2. The highest BCUT2D eigenvalue weighted by Crippen LogP contribution is 2.27. The molecule has 0 aliphatic heterocycles. The van der Waals surface area contributed by atoms with Crippen molar-refractivity contribution in [2.24, 2.45) is 0 Å². The number of carbonyl (C=O) groups excluding carboxylic acids is 2. The molecule has 2 aromatic carbocycles. The van der Waals surface area contributed by atoms with E-state index < -0.39 is 12.0 Å².